The Labute approximate surface area is 316 Å². The van der Waals surface area contributed by atoms with Gasteiger partial charge in [0.25, 0.3) is 0 Å². The molecule has 55 heavy (non-hydrogen) atoms. The molecule has 1 amide bonds. The fourth-order valence-corrected chi connectivity index (χ4v) is 6.92. The van der Waals surface area contributed by atoms with Gasteiger partial charge >= 0.3 is 18.0 Å². The second kappa shape index (κ2) is 19.7. The number of esters is 2. The van der Waals surface area contributed by atoms with Gasteiger partial charge in [0, 0.05) is 35.1 Å². The monoisotopic (exact) mass is 752 g/mol. The standard InChI is InChI=1S/C37H40N10O8/c1-23(48)52-33-29(42-45-39)20-30(43-46-40)34(35(33)53-24(2)49)55-36-28(41-44-38)18-19-31(54-36)32(27-16-10-5-11-17-27)47(21-25-12-6-3-7-13-25)37(50)51-22-26-14-8-4-9-15-26/h3-17,28-36H,18-22H2,1-2H3/t28?,29?,30?,31-,32+,33-,34+,35+,36+/m0/s1. The number of hydrogen-bond acceptors (Lipinski definition) is 11. The molecule has 0 aromatic heterocycles. The van der Waals surface area contributed by atoms with Crippen LogP contribution in [0.3, 0.4) is 0 Å². The van der Waals surface area contributed by atoms with Crippen molar-refractivity contribution in [2.75, 3.05) is 0 Å². The van der Waals surface area contributed by atoms with Crippen molar-refractivity contribution in [3.63, 3.8) is 0 Å². The van der Waals surface area contributed by atoms with Gasteiger partial charge in [-0.15, -0.1) is 0 Å². The Bertz CT molecular complexity index is 1910. The molecule has 1 saturated heterocycles. The predicted molar refractivity (Wildman–Crippen MR) is 195 cm³/mol. The average Bonchev–Trinajstić information content (AvgIpc) is 3.18. The molecule has 0 bridgehead atoms. The molecular weight excluding hydrogens is 712 g/mol. The summed E-state index contributed by atoms with van der Waals surface area (Å²) < 4.78 is 30.2. The van der Waals surface area contributed by atoms with Gasteiger partial charge in [-0.3, -0.25) is 14.5 Å². The molecule has 2 fully saturated rings. The molecule has 1 heterocycles. The maximum Gasteiger partial charge on any atom is 0.411 e. The van der Waals surface area contributed by atoms with Crippen LogP contribution in [0.25, 0.3) is 31.3 Å². The van der Waals surface area contributed by atoms with Crippen molar-refractivity contribution in [2.24, 2.45) is 15.3 Å². The first-order valence-corrected chi connectivity index (χ1v) is 17.6. The van der Waals surface area contributed by atoms with E-state index in [0.717, 1.165) is 30.5 Å². The zero-order valence-corrected chi connectivity index (χ0v) is 30.1. The molecule has 1 aliphatic heterocycles. The molecule has 2 aliphatic rings. The maximum absolute atomic E-state index is 14.2. The summed E-state index contributed by atoms with van der Waals surface area (Å²) in [5, 5.41) is 11.5. The van der Waals surface area contributed by atoms with Gasteiger partial charge in [-0.1, -0.05) is 106 Å². The summed E-state index contributed by atoms with van der Waals surface area (Å²) in [4.78, 5) is 49.2. The van der Waals surface area contributed by atoms with Crippen LogP contribution in [0, 0.1) is 0 Å². The van der Waals surface area contributed by atoms with Crippen molar-refractivity contribution >= 4 is 18.0 Å². The first-order valence-electron chi connectivity index (χ1n) is 17.6. The van der Waals surface area contributed by atoms with Crippen molar-refractivity contribution in [1.29, 1.82) is 0 Å². The molecule has 9 atom stereocenters. The normalized spacial score (nSPS) is 25.0. The van der Waals surface area contributed by atoms with Crippen molar-refractivity contribution in [3.8, 4) is 0 Å². The summed E-state index contributed by atoms with van der Waals surface area (Å²) in [6, 6.07) is 24.0. The van der Waals surface area contributed by atoms with E-state index >= 15 is 0 Å². The minimum atomic E-state index is -1.44. The van der Waals surface area contributed by atoms with Crippen molar-refractivity contribution in [3.05, 3.63) is 139 Å². The summed E-state index contributed by atoms with van der Waals surface area (Å²) >= 11 is 0. The van der Waals surface area contributed by atoms with Crippen LogP contribution >= 0.6 is 0 Å². The molecule has 3 aromatic rings. The quantitative estimate of drug-likeness (QED) is 0.0516. The number of amides is 1. The average molecular weight is 753 g/mol. The van der Waals surface area contributed by atoms with Gasteiger partial charge < -0.3 is 23.7 Å². The molecule has 18 nitrogen and oxygen atoms in total. The van der Waals surface area contributed by atoms with Crippen LogP contribution in [0.1, 0.15) is 55.8 Å². The third-order valence-electron chi connectivity index (χ3n) is 9.22. The van der Waals surface area contributed by atoms with Crippen LogP contribution in [-0.4, -0.2) is 71.8 Å². The number of rotatable bonds is 14. The van der Waals surface area contributed by atoms with E-state index in [2.05, 4.69) is 30.1 Å². The Kier molecular flexibility index (Phi) is 14.3. The molecular formula is C37H40N10O8. The molecule has 0 radical (unpaired) electrons. The number of ether oxygens (including phenoxy) is 5. The van der Waals surface area contributed by atoms with Crippen molar-refractivity contribution < 1.29 is 38.1 Å². The minimum absolute atomic E-state index is 0.0169. The fraction of sp³-hybridized carbons (Fsp3) is 0.432. The van der Waals surface area contributed by atoms with Gasteiger partial charge in [-0.25, -0.2) is 4.79 Å². The number of benzene rings is 3. The molecule has 3 unspecified atom stereocenters. The van der Waals surface area contributed by atoms with Gasteiger partial charge in [0.05, 0.1) is 30.3 Å². The van der Waals surface area contributed by atoms with Gasteiger partial charge in [0.15, 0.2) is 12.4 Å². The predicted octanol–water partition coefficient (Wildman–Crippen LogP) is 7.76. The first-order chi connectivity index (χ1) is 26.7. The van der Waals surface area contributed by atoms with Crippen LogP contribution in [0.4, 0.5) is 4.79 Å². The Morgan fingerprint density at radius 3 is 1.84 bits per heavy atom. The Balaban J connectivity index is 1.54. The topological polar surface area (TPSA) is 247 Å². The van der Waals surface area contributed by atoms with Crippen molar-refractivity contribution in [1.82, 2.24) is 4.90 Å². The molecule has 5 rings (SSSR count). The van der Waals surface area contributed by atoms with Crippen molar-refractivity contribution in [2.45, 2.75) is 101 Å². The summed E-state index contributed by atoms with van der Waals surface area (Å²) in [7, 11) is 0. The van der Waals surface area contributed by atoms with E-state index in [1.165, 1.54) is 0 Å². The lowest BCUT2D eigenvalue weighted by Gasteiger charge is -2.46. The molecule has 0 spiro atoms. The maximum atomic E-state index is 14.2. The molecule has 0 N–H and O–H groups in total. The molecule has 286 valence electrons. The Morgan fingerprint density at radius 2 is 1.25 bits per heavy atom. The van der Waals surface area contributed by atoms with E-state index in [1.807, 2.05) is 91.0 Å². The summed E-state index contributed by atoms with van der Waals surface area (Å²) in [5.41, 5.74) is 30.7. The summed E-state index contributed by atoms with van der Waals surface area (Å²) in [6.07, 6.45) is -6.49. The first kappa shape index (κ1) is 39.9. The lowest BCUT2D eigenvalue weighted by molar-refractivity contribution is -0.264. The van der Waals surface area contributed by atoms with Crippen LogP contribution in [0.15, 0.2) is 106 Å². The number of carbonyl (C=O) groups is 3. The summed E-state index contributed by atoms with van der Waals surface area (Å²) in [5.74, 6) is -1.55. The van der Waals surface area contributed by atoms with Crippen LogP contribution in [0.5, 0.6) is 0 Å². The highest BCUT2D eigenvalue weighted by Crippen LogP contribution is 2.39. The van der Waals surface area contributed by atoms with E-state index in [0.29, 0.717) is 6.42 Å². The van der Waals surface area contributed by atoms with Crippen LogP contribution in [-0.2, 0) is 46.4 Å². The Hall–Kier alpha value is -6.28. The molecule has 1 aliphatic carbocycles. The highest BCUT2D eigenvalue weighted by Gasteiger charge is 2.51. The summed E-state index contributed by atoms with van der Waals surface area (Å²) in [6.45, 7) is 2.42. The van der Waals surface area contributed by atoms with Gasteiger partial charge in [-0.2, -0.15) is 0 Å². The smallest absolute Gasteiger partial charge is 0.411 e. The fourth-order valence-electron chi connectivity index (χ4n) is 6.92. The van der Waals surface area contributed by atoms with Gasteiger partial charge in [-0.05, 0) is 52.5 Å². The largest absolute Gasteiger partial charge is 0.458 e. The van der Waals surface area contributed by atoms with E-state index in [1.54, 1.807) is 4.90 Å². The third kappa shape index (κ3) is 10.7. The molecule has 3 aromatic carbocycles. The SMILES string of the molecule is CC(=O)O[C@H]1[C@H](O[C@H]2O[C@H]([C@@H](c3ccccc3)N(Cc3ccccc3)C(=O)OCc3ccccc3)CCC2N=[N+]=[N-])C(N=[N+]=[N-])CC(N=[N+]=[N-])[C@@H]1OC(C)=O. The second-order valence-electron chi connectivity index (χ2n) is 12.9. The third-order valence-corrected chi connectivity index (χ3v) is 9.22. The van der Waals surface area contributed by atoms with Gasteiger partial charge in [0.2, 0.25) is 0 Å². The Morgan fingerprint density at radius 1 is 0.727 bits per heavy atom. The number of hydrogen-bond donors (Lipinski definition) is 0. The number of azide groups is 3. The lowest BCUT2D eigenvalue weighted by Crippen LogP contribution is -2.60. The second-order valence-corrected chi connectivity index (χ2v) is 12.9. The highest BCUT2D eigenvalue weighted by atomic mass is 16.7. The molecule has 1 saturated carbocycles. The van der Waals surface area contributed by atoms with E-state index in [-0.39, 0.29) is 26.0 Å². The van der Waals surface area contributed by atoms with E-state index in [9.17, 15) is 31.0 Å². The van der Waals surface area contributed by atoms with E-state index < -0.39 is 72.9 Å². The number of nitrogens with zero attached hydrogens (tertiary/aromatic N) is 10. The van der Waals surface area contributed by atoms with Gasteiger partial charge in [0.1, 0.15) is 18.8 Å². The molecule has 18 heteroatoms. The number of carbonyl (C=O) groups excluding carboxylic acids is 3. The zero-order valence-electron chi connectivity index (χ0n) is 30.1. The zero-order chi connectivity index (χ0) is 39.2. The van der Waals surface area contributed by atoms with Crippen LogP contribution in [0.2, 0.25) is 0 Å². The van der Waals surface area contributed by atoms with Crippen LogP contribution < -0.4 is 0 Å². The minimum Gasteiger partial charge on any atom is -0.458 e. The van der Waals surface area contributed by atoms with E-state index in [4.69, 9.17) is 23.7 Å². The lowest BCUT2D eigenvalue weighted by atomic mass is 9.84. The highest BCUT2D eigenvalue weighted by molar-refractivity contribution is 5.69.